The van der Waals surface area contributed by atoms with E-state index >= 15 is 0 Å². The van der Waals surface area contributed by atoms with Gasteiger partial charge in [0.05, 0.1) is 5.39 Å². The zero-order chi connectivity index (χ0) is 18.3. The number of nitrogens with zero attached hydrogens (tertiary/aromatic N) is 4. The van der Waals surface area contributed by atoms with Crippen LogP contribution in [0.2, 0.25) is 0 Å². The fourth-order valence-corrected chi connectivity index (χ4v) is 5.38. The third-order valence-electron chi connectivity index (χ3n) is 5.97. The van der Waals surface area contributed by atoms with Gasteiger partial charge in [-0.1, -0.05) is 19.3 Å². The first-order valence-electron chi connectivity index (χ1n) is 9.82. The number of thiophene rings is 1. The highest BCUT2D eigenvalue weighted by molar-refractivity contribution is 7.18. The topological polar surface area (TPSA) is 49.3 Å². The number of carbonyl (C=O) groups is 1. The summed E-state index contributed by atoms with van der Waals surface area (Å²) in [6.07, 6.45) is 5.88. The van der Waals surface area contributed by atoms with Gasteiger partial charge in [-0.25, -0.2) is 9.97 Å². The molecule has 2 aliphatic rings. The molecule has 6 heteroatoms. The van der Waals surface area contributed by atoms with Gasteiger partial charge in [0.2, 0.25) is 5.91 Å². The molecule has 1 saturated carbocycles. The van der Waals surface area contributed by atoms with Crippen molar-refractivity contribution in [3.63, 3.8) is 0 Å². The molecule has 2 aromatic rings. The Morgan fingerprint density at radius 2 is 1.69 bits per heavy atom. The highest BCUT2D eigenvalue weighted by Gasteiger charge is 2.29. The van der Waals surface area contributed by atoms with Gasteiger partial charge in [0, 0.05) is 37.0 Å². The van der Waals surface area contributed by atoms with Crippen LogP contribution in [0.4, 0.5) is 5.82 Å². The molecule has 3 heterocycles. The number of fused-ring (bicyclic) bond motifs is 1. The second kappa shape index (κ2) is 7.14. The average Bonchev–Trinajstić information content (AvgIpc) is 2.95. The van der Waals surface area contributed by atoms with Crippen molar-refractivity contribution in [3.8, 4) is 0 Å². The Labute approximate surface area is 159 Å². The van der Waals surface area contributed by atoms with Crippen LogP contribution < -0.4 is 4.90 Å². The van der Waals surface area contributed by atoms with E-state index in [0.717, 1.165) is 55.5 Å². The molecule has 0 N–H and O–H groups in total. The zero-order valence-electron chi connectivity index (χ0n) is 16.0. The molecule has 0 aromatic carbocycles. The van der Waals surface area contributed by atoms with Crippen LogP contribution >= 0.6 is 11.3 Å². The van der Waals surface area contributed by atoms with E-state index in [9.17, 15) is 4.79 Å². The minimum atomic E-state index is 0.269. The molecule has 4 rings (SSSR count). The summed E-state index contributed by atoms with van der Waals surface area (Å²) >= 11 is 1.75. The van der Waals surface area contributed by atoms with Crippen LogP contribution in [0.3, 0.4) is 0 Å². The van der Waals surface area contributed by atoms with E-state index in [1.165, 1.54) is 35.1 Å². The normalized spacial score (nSPS) is 19.3. The van der Waals surface area contributed by atoms with Crippen molar-refractivity contribution in [2.24, 2.45) is 5.92 Å². The maximum absolute atomic E-state index is 12.8. The highest BCUT2D eigenvalue weighted by atomic mass is 32.1. The molecule has 0 atom stereocenters. The Morgan fingerprint density at radius 3 is 2.38 bits per heavy atom. The van der Waals surface area contributed by atoms with Crippen LogP contribution in [0.15, 0.2) is 0 Å². The van der Waals surface area contributed by atoms with Gasteiger partial charge in [-0.3, -0.25) is 4.79 Å². The number of carbonyl (C=O) groups excluding carboxylic acids is 1. The Hall–Kier alpha value is -1.69. The van der Waals surface area contributed by atoms with E-state index in [0.29, 0.717) is 5.91 Å². The smallest absolute Gasteiger partial charge is 0.225 e. The third kappa shape index (κ3) is 3.20. The second-order valence-electron chi connectivity index (χ2n) is 7.71. The van der Waals surface area contributed by atoms with Crippen molar-refractivity contribution in [1.82, 2.24) is 14.9 Å². The standard InChI is InChI=1S/C20H28N4OS/c1-13-14(2)26-19-17(13)18(21-15(3)22-19)23-9-11-24(12-10-23)20(25)16-7-5-4-6-8-16/h16H,4-12H2,1-3H3. The van der Waals surface area contributed by atoms with Crippen LogP contribution in [0.25, 0.3) is 10.2 Å². The molecule has 26 heavy (non-hydrogen) atoms. The molecular weight excluding hydrogens is 344 g/mol. The summed E-state index contributed by atoms with van der Waals surface area (Å²) in [5.41, 5.74) is 1.29. The summed E-state index contributed by atoms with van der Waals surface area (Å²) in [7, 11) is 0. The summed E-state index contributed by atoms with van der Waals surface area (Å²) in [6, 6.07) is 0. The number of hydrogen-bond donors (Lipinski definition) is 0. The number of hydrogen-bond acceptors (Lipinski definition) is 5. The van der Waals surface area contributed by atoms with Crippen LogP contribution in [0, 0.1) is 26.7 Å². The Bertz CT molecular complexity index is 817. The summed E-state index contributed by atoms with van der Waals surface area (Å²) in [6.45, 7) is 9.62. The number of piperazine rings is 1. The number of amides is 1. The van der Waals surface area contributed by atoms with E-state index in [1.54, 1.807) is 11.3 Å². The molecule has 5 nitrogen and oxygen atoms in total. The molecule has 140 valence electrons. The Morgan fingerprint density at radius 1 is 1.00 bits per heavy atom. The number of aromatic nitrogens is 2. The minimum absolute atomic E-state index is 0.269. The predicted molar refractivity (Wildman–Crippen MR) is 107 cm³/mol. The molecule has 1 aliphatic heterocycles. The quantitative estimate of drug-likeness (QED) is 0.803. The first-order valence-corrected chi connectivity index (χ1v) is 10.6. The Balaban J connectivity index is 1.51. The van der Waals surface area contributed by atoms with Crippen molar-refractivity contribution in [2.75, 3.05) is 31.1 Å². The molecule has 0 spiro atoms. The molecule has 0 unspecified atom stereocenters. The van der Waals surface area contributed by atoms with Gasteiger partial charge in [0.1, 0.15) is 16.5 Å². The van der Waals surface area contributed by atoms with Crippen LogP contribution in [0.1, 0.15) is 48.4 Å². The van der Waals surface area contributed by atoms with Crippen molar-refractivity contribution in [3.05, 3.63) is 16.3 Å². The van der Waals surface area contributed by atoms with E-state index in [1.807, 2.05) is 6.92 Å². The highest BCUT2D eigenvalue weighted by Crippen LogP contribution is 2.35. The summed E-state index contributed by atoms with van der Waals surface area (Å²) in [5.74, 6) is 2.54. The van der Waals surface area contributed by atoms with Gasteiger partial charge in [-0.2, -0.15) is 0 Å². The van der Waals surface area contributed by atoms with Gasteiger partial charge >= 0.3 is 0 Å². The van der Waals surface area contributed by atoms with Crippen molar-refractivity contribution >= 4 is 33.3 Å². The maximum Gasteiger partial charge on any atom is 0.225 e. The molecule has 2 fully saturated rings. The summed E-state index contributed by atoms with van der Waals surface area (Å²) in [5, 5.41) is 1.20. The minimum Gasteiger partial charge on any atom is -0.352 e. The maximum atomic E-state index is 12.8. The SMILES string of the molecule is Cc1nc(N2CCN(C(=O)C3CCCCC3)CC2)c2c(C)c(C)sc2n1. The number of aryl methyl sites for hydroxylation is 3. The van der Waals surface area contributed by atoms with Gasteiger partial charge in [0.25, 0.3) is 0 Å². The lowest BCUT2D eigenvalue weighted by Crippen LogP contribution is -2.51. The molecule has 0 bridgehead atoms. The van der Waals surface area contributed by atoms with Crippen molar-refractivity contribution in [2.45, 2.75) is 52.9 Å². The molecule has 1 amide bonds. The van der Waals surface area contributed by atoms with Crippen molar-refractivity contribution < 1.29 is 4.79 Å². The molecule has 1 saturated heterocycles. The lowest BCUT2D eigenvalue weighted by molar-refractivity contribution is -0.136. The van der Waals surface area contributed by atoms with Gasteiger partial charge in [-0.15, -0.1) is 11.3 Å². The van der Waals surface area contributed by atoms with Gasteiger partial charge in [-0.05, 0) is 39.2 Å². The van der Waals surface area contributed by atoms with Crippen LogP contribution in [0.5, 0.6) is 0 Å². The molecular formula is C20H28N4OS. The number of rotatable bonds is 2. The zero-order valence-corrected chi connectivity index (χ0v) is 16.9. The largest absolute Gasteiger partial charge is 0.352 e. The molecule has 0 radical (unpaired) electrons. The number of anilines is 1. The predicted octanol–water partition coefficient (Wildman–Crippen LogP) is 3.85. The monoisotopic (exact) mass is 372 g/mol. The van der Waals surface area contributed by atoms with E-state index in [2.05, 4.69) is 28.6 Å². The first-order chi connectivity index (χ1) is 12.5. The fraction of sp³-hybridized carbons (Fsp3) is 0.650. The lowest BCUT2D eigenvalue weighted by Gasteiger charge is -2.38. The van der Waals surface area contributed by atoms with Crippen LogP contribution in [-0.2, 0) is 4.79 Å². The third-order valence-corrected chi connectivity index (χ3v) is 7.07. The summed E-state index contributed by atoms with van der Waals surface area (Å²) in [4.78, 5) is 29.0. The van der Waals surface area contributed by atoms with Crippen LogP contribution in [-0.4, -0.2) is 47.0 Å². The van der Waals surface area contributed by atoms with E-state index in [-0.39, 0.29) is 5.92 Å². The first kappa shape index (κ1) is 17.7. The Kier molecular flexibility index (Phi) is 4.86. The molecule has 2 aromatic heterocycles. The fourth-order valence-electron chi connectivity index (χ4n) is 4.31. The lowest BCUT2D eigenvalue weighted by atomic mass is 9.88. The van der Waals surface area contributed by atoms with Gasteiger partial charge < -0.3 is 9.80 Å². The average molecular weight is 373 g/mol. The van der Waals surface area contributed by atoms with Crippen molar-refractivity contribution in [1.29, 1.82) is 0 Å². The van der Waals surface area contributed by atoms with Gasteiger partial charge in [0.15, 0.2) is 0 Å². The second-order valence-corrected chi connectivity index (χ2v) is 8.91. The summed E-state index contributed by atoms with van der Waals surface area (Å²) < 4.78 is 0. The van der Waals surface area contributed by atoms with E-state index in [4.69, 9.17) is 4.98 Å². The molecule has 1 aliphatic carbocycles. The van der Waals surface area contributed by atoms with E-state index < -0.39 is 0 Å².